The van der Waals surface area contributed by atoms with E-state index in [1.165, 1.54) is 14.2 Å². The van der Waals surface area contributed by atoms with E-state index in [1.54, 1.807) is 6.07 Å². The van der Waals surface area contributed by atoms with Crippen LogP contribution in [0.4, 0.5) is 0 Å². The van der Waals surface area contributed by atoms with Crippen LogP contribution in [-0.2, 0) is 40.4 Å². The number of aromatic nitrogens is 3. The Hall–Kier alpha value is -4.61. The lowest BCUT2D eigenvalue weighted by atomic mass is 10.1. The van der Waals surface area contributed by atoms with Crippen LogP contribution in [0.25, 0.3) is 0 Å². The van der Waals surface area contributed by atoms with Crippen molar-refractivity contribution in [1.29, 1.82) is 0 Å². The maximum Gasteiger partial charge on any atom is 0.356 e. The van der Waals surface area contributed by atoms with E-state index in [0.29, 0.717) is 58.8 Å². The van der Waals surface area contributed by atoms with Gasteiger partial charge in [-0.2, -0.15) is 0 Å². The molecule has 2 bridgehead atoms. The molecule has 1 aliphatic rings. The van der Waals surface area contributed by atoms with Gasteiger partial charge in [-0.3, -0.25) is 29.5 Å². The molecule has 246 valence electrons. The third-order valence-corrected chi connectivity index (χ3v) is 7.55. The molecule has 0 saturated carbocycles. The Labute approximate surface area is 278 Å². The van der Waals surface area contributed by atoms with Crippen LogP contribution in [0.15, 0.2) is 42.5 Å². The highest BCUT2D eigenvalue weighted by atomic mass is 16.5. The average Bonchev–Trinajstić information content (AvgIpc) is 3.06. The number of methoxy groups -OCH3 is 2. The van der Waals surface area contributed by atoms with Crippen LogP contribution >= 0.6 is 0 Å². The topological polar surface area (TPSA) is 101 Å². The number of hydrogen-bond acceptors (Lipinski definition) is 10. The van der Waals surface area contributed by atoms with Crippen LogP contribution in [0.3, 0.4) is 0 Å². The number of pyridine rings is 3. The summed E-state index contributed by atoms with van der Waals surface area (Å²) >= 11 is 0. The van der Waals surface area contributed by atoms with Crippen molar-refractivity contribution in [3.05, 3.63) is 87.8 Å². The van der Waals surface area contributed by atoms with Crippen molar-refractivity contribution < 1.29 is 19.1 Å². The first-order chi connectivity index (χ1) is 22.8. The molecule has 10 heteroatoms. The van der Waals surface area contributed by atoms with E-state index in [4.69, 9.17) is 19.4 Å². The maximum atomic E-state index is 12.5. The second kappa shape index (κ2) is 17.9. The fourth-order valence-electron chi connectivity index (χ4n) is 5.35. The third kappa shape index (κ3) is 11.3. The fourth-order valence-corrected chi connectivity index (χ4v) is 5.35. The molecule has 0 fully saturated rings. The minimum absolute atomic E-state index is 0.150. The largest absolute Gasteiger partial charge is 0.468 e. The molecule has 0 radical (unpaired) electrons. The molecule has 3 aromatic heterocycles. The van der Waals surface area contributed by atoms with Gasteiger partial charge in [-0.05, 0) is 43.3 Å². The zero-order valence-electron chi connectivity index (χ0n) is 28.1. The monoisotopic (exact) mass is 636 g/mol. The number of aryl methyl sites for hydroxylation is 1. The van der Waals surface area contributed by atoms with Crippen molar-refractivity contribution >= 4 is 11.9 Å². The first kappa shape index (κ1) is 35.2. The fraction of sp³-hybridized carbons (Fsp3) is 0.432. The molecule has 4 rings (SSSR count). The molecule has 0 saturated heterocycles. The van der Waals surface area contributed by atoms with E-state index in [-0.39, 0.29) is 18.2 Å². The number of esters is 2. The number of fused-ring (bicyclic) bond motifs is 2. The second-order valence-corrected chi connectivity index (χ2v) is 11.4. The Morgan fingerprint density at radius 3 is 1.96 bits per heavy atom. The lowest BCUT2D eigenvalue weighted by Crippen LogP contribution is -2.41. The quantitative estimate of drug-likeness (QED) is 0.280. The molecule has 10 nitrogen and oxygen atoms in total. The van der Waals surface area contributed by atoms with Crippen LogP contribution in [0.2, 0.25) is 0 Å². The van der Waals surface area contributed by atoms with E-state index in [1.807, 2.05) is 51.1 Å². The Morgan fingerprint density at radius 1 is 0.745 bits per heavy atom. The smallest absolute Gasteiger partial charge is 0.356 e. The molecule has 0 N–H and O–H groups in total. The van der Waals surface area contributed by atoms with Gasteiger partial charge in [-0.1, -0.05) is 43.6 Å². The molecule has 0 amide bonds. The van der Waals surface area contributed by atoms with Gasteiger partial charge >= 0.3 is 11.9 Å². The summed E-state index contributed by atoms with van der Waals surface area (Å²) < 4.78 is 9.99. The Kier molecular flexibility index (Phi) is 13.4. The third-order valence-electron chi connectivity index (χ3n) is 7.55. The summed E-state index contributed by atoms with van der Waals surface area (Å²) in [6.45, 7) is 11.1. The van der Waals surface area contributed by atoms with Gasteiger partial charge in [0.1, 0.15) is 5.69 Å². The van der Waals surface area contributed by atoms with Gasteiger partial charge in [0.05, 0.1) is 43.5 Å². The molecule has 0 spiro atoms. The van der Waals surface area contributed by atoms with E-state index in [9.17, 15) is 9.59 Å². The van der Waals surface area contributed by atoms with Crippen LogP contribution in [0, 0.1) is 30.6 Å². The summed E-state index contributed by atoms with van der Waals surface area (Å²) in [5.41, 5.74) is 6.35. The summed E-state index contributed by atoms with van der Waals surface area (Å²) in [5, 5.41) is 0. The molecular weight excluding hydrogens is 592 g/mol. The van der Waals surface area contributed by atoms with E-state index >= 15 is 0 Å². The van der Waals surface area contributed by atoms with Gasteiger partial charge in [0.25, 0.3) is 0 Å². The zero-order valence-corrected chi connectivity index (χ0v) is 28.1. The van der Waals surface area contributed by atoms with Gasteiger partial charge < -0.3 is 9.47 Å². The predicted molar refractivity (Wildman–Crippen MR) is 180 cm³/mol. The predicted octanol–water partition coefficient (Wildman–Crippen LogP) is 3.98. The Balaban J connectivity index is 1.67. The van der Waals surface area contributed by atoms with Gasteiger partial charge in [-0.15, -0.1) is 0 Å². The van der Waals surface area contributed by atoms with Crippen molar-refractivity contribution in [2.45, 2.75) is 59.8 Å². The number of nitrogens with zero attached hydrogens (tertiary/aromatic N) is 6. The number of carbonyl (C=O) groups is 2. The van der Waals surface area contributed by atoms with Crippen LogP contribution < -0.4 is 0 Å². The van der Waals surface area contributed by atoms with E-state index in [0.717, 1.165) is 46.0 Å². The SMILES string of the molecule is CCC#Cc1cc(C)nc(CN2CCN(Cc3cc(C#CCC)cc(C(=O)OC)n3)CCN(CC(=O)OC)Cc3cccc(n3)C2)c1. The van der Waals surface area contributed by atoms with Crippen LogP contribution in [0.5, 0.6) is 0 Å². The summed E-state index contributed by atoms with van der Waals surface area (Å²) in [6.07, 6.45) is 1.49. The Morgan fingerprint density at radius 2 is 1.32 bits per heavy atom. The standard InChI is InChI=1S/C37H44N6O4/c1-6-8-11-29-19-28(3)38-33(20-29)26-42-17-15-41(25-34-21-30(12-9-7-2)22-35(40-34)37(45)47-5)16-18-43(27-36(44)46-4)24-32-14-10-13-31(23-42)39-32/h10,13-14,19-22H,6-7,15-18,23-27H2,1-5H3. The van der Waals surface area contributed by atoms with Crippen molar-refractivity contribution in [2.75, 3.05) is 46.9 Å². The van der Waals surface area contributed by atoms with Crippen molar-refractivity contribution in [3.8, 4) is 23.7 Å². The van der Waals surface area contributed by atoms with E-state index < -0.39 is 5.97 Å². The van der Waals surface area contributed by atoms with Crippen molar-refractivity contribution in [1.82, 2.24) is 29.7 Å². The minimum Gasteiger partial charge on any atom is -0.468 e. The molecule has 0 atom stereocenters. The van der Waals surface area contributed by atoms with Crippen LogP contribution in [-0.4, -0.2) is 88.5 Å². The number of ether oxygens (including phenoxy) is 2. The summed E-state index contributed by atoms with van der Waals surface area (Å²) in [7, 11) is 2.75. The molecule has 1 aliphatic heterocycles. The normalized spacial score (nSPS) is 14.4. The summed E-state index contributed by atoms with van der Waals surface area (Å²) in [5.74, 6) is 11.8. The second-order valence-electron chi connectivity index (χ2n) is 11.4. The van der Waals surface area contributed by atoms with Gasteiger partial charge in [-0.25, -0.2) is 9.78 Å². The molecule has 0 unspecified atom stereocenters. The first-order valence-corrected chi connectivity index (χ1v) is 16.0. The number of hydrogen-bond donors (Lipinski definition) is 0. The van der Waals surface area contributed by atoms with Gasteiger partial charge in [0.15, 0.2) is 0 Å². The van der Waals surface area contributed by atoms with Crippen molar-refractivity contribution in [3.63, 3.8) is 0 Å². The molecule has 0 aromatic carbocycles. The van der Waals surface area contributed by atoms with E-state index in [2.05, 4.69) is 49.4 Å². The highest BCUT2D eigenvalue weighted by molar-refractivity contribution is 5.87. The van der Waals surface area contributed by atoms with Gasteiger partial charge in [0, 0.05) is 82.0 Å². The summed E-state index contributed by atoms with van der Waals surface area (Å²) in [4.78, 5) is 46.0. The van der Waals surface area contributed by atoms with Gasteiger partial charge in [0.2, 0.25) is 0 Å². The lowest BCUT2D eigenvalue weighted by molar-refractivity contribution is -0.142. The van der Waals surface area contributed by atoms with Crippen molar-refractivity contribution in [2.24, 2.45) is 0 Å². The molecular formula is C37H44N6O4. The first-order valence-electron chi connectivity index (χ1n) is 16.0. The minimum atomic E-state index is -0.502. The maximum absolute atomic E-state index is 12.5. The molecule has 0 aliphatic carbocycles. The highest BCUT2D eigenvalue weighted by Gasteiger charge is 2.20. The molecule has 3 aromatic rings. The Bertz CT molecular complexity index is 1670. The number of rotatable bonds is 7. The number of carbonyl (C=O) groups excluding carboxylic acids is 2. The highest BCUT2D eigenvalue weighted by Crippen LogP contribution is 2.15. The average molecular weight is 637 g/mol. The molecule has 4 heterocycles. The molecule has 47 heavy (non-hydrogen) atoms. The van der Waals surface area contributed by atoms with Crippen LogP contribution in [0.1, 0.15) is 76.8 Å². The zero-order chi connectivity index (χ0) is 33.6. The lowest BCUT2D eigenvalue weighted by Gasteiger charge is -2.31. The summed E-state index contributed by atoms with van der Waals surface area (Å²) in [6, 6.07) is 13.7.